The average molecular weight is 659 g/mol. The lowest BCUT2D eigenvalue weighted by Gasteiger charge is -2.24. The van der Waals surface area contributed by atoms with Crippen molar-refractivity contribution in [2.45, 2.75) is 0 Å². The fraction of sp³-hybridized carbons (Fsp3) is 0.158. The Labute approximate surface area is 273 Å². The standard InChI is InChI=1S/C38H30F4O6/c1-43-19-47-37-27(33-29(39)15-23(45-3)16-30(33)40)13-21-9-5-7-11-25(21)35(37)36-26-12-8-6-10-22(26)14-28(38(36)48-20-44-2)34-31(41)17-24(46-4)18-32(34)42/h5-18H,19-20H2,1-4H3. The summed E-state index contributed by atoms with van der Waals surface area (Å²) in [6.07, 6.45) is 0. The maximum atomic E-state index is 15.8. The fourth-order valence-electron chi connectivity index (χ4n) is 5.91. The molecule has 10 heteroatoms. The van der Waals surface area contributed by atoms with Gasteiger partial charge in [-0.3, -0.25) is 0 Å². The second-order valence-corrected chi connectivity index (χ2v) is 10.7. The molecule has 0 aliphatic heterocycles. The minimum Gasteiger partial charge on any atom is -0.497 e. The van der Waals surface area contributed by atoms with E-state index in [1.54, 1.807) is 48.5 Å². The Hall–Kier alpha value is -5.32. The zero-order chi connectivity index (χ0) is 33.9. The van der Waals surface area contributed by atoms with Crippen molar-refractivity contribution in [3.05, 3.63) is 108 Å². The lowest BCUT2D eigenvalue weighted by molar-refractivity contribution is 0.0506. The number of benzene rings is 6. The maximum Gasteiger partial charge on any atom is 0.188 e. The van der Waals surface area contributed by atoms with E-state index >= 15 is 17.6 Å². The van der Waals surface area contributed by atoms with E-state index in [0.717, 1.165) is 24.3 Å². The lowest BCUT2D eigenvalue weighted by atomic mass is 9.86. The average Bonchev–Trinajstić information content (AvgIpc) is 3.08. The van der Waals surface area contributed by atoms with Crippen molar-refractivity contribution < 1.29 is 46.0 Å². The van der Waals surface area contributed by atoms with Crippen LogP contribution in [0, 0.1) is 23.3 Å². The first-order chi connectivity index (χ1) is 23.3. The molecule has 0 aliphatic rings. The summed E-state index contributed by atoms with van der Waals surface area (Å²) in [6.45, 7) is -0.600. The fourth-order valence-corrected chi connectivity index (χ4v) is 5.91. The summed E-state index contributed by atoms with van der Waals surface area (Å²) in [7, 11) is 5.44. The van der Waals surface area contributed by atoms with E-state index in [2.05, 4.69) is 0 Å². The molecule has 0 saturated carbocycles. The summed E-state index contributed by atoms with van der Waals surface area (Å²) in [4.78, 5) is 0. The van der Waals surface area contributed by atoms with E-state index in [0.29, 0.717) is 32.7 Å². The molecule has 0 saturated heterocycles. The molecule has 0 unspecified atom stereocenters. The Morgan fingerprint density at radius 1 is 0.458 bits per heavy atom. The van der Waals surface area contributed by atoms with Gasteiger partial charge in [-0.25, -0.2) is 17.6 Å². The number of rotatable bonds is 11. The van der Waals surface area contributed by atoms with Crippen LogP contribution in [-0.4, -0.2) is 42.0 Å². The van der Waals surface area contributed by atoms with Gasteiger partial charge in [0, 0.05) is 60.7 Å². The molecule has 0 aromatic heterocycles. The minimum absolute atomic E-state index is 0.00776. The van der Waals surface area contributed by atoms with Crippen LogP contribution in [0.2, 0.25) is 0 Å². The van der Waals surface area contributed by atoms with Gasteiger partial charge < -0.3 is 28.4 Å². The van der Waals surface area contributed by atoms with Crippen LogP contribution in [0.5, 0.6) is 23.0 Å². The minimum atomic E-state index is -0.896. The molecule has 6 nitrogen and oxygen atoms in total. The van der Waals surface area contributed by atoms with E-state index in [1.165, 1.54) is 28.4 Å². The van der Waals surface area contributed by atoms with Gasteiger partial charge in [0.1, 0.15) is 46.3 Å². The number of ether oxygens (including phenoxy) is 6. The Balaban J connectivity index is 1.83. The van der Waals surface area contributed by atoms with E-state index in [9.17, 15) is 0 Å². The van der Waals surface area contributed by atoms with E-state index < -0.39 is 23.3 Å². The molecule has 0 atom stereocenters. The van der Waals surface area contributed by atoms with Gasteiger partial charge in [0.05, 0.1) is 25.3 Å². The van der Waals surface area contributed by atoms with Crippen LogP contribution in [-0.2, 0) is 9.47 Å². The zero-order valence-corrected chi connectivity index (χ0v) is 26.5. The van der Waals surface area contributed by atoms with Crippen LogP contribution in [0.15, 0.2) is 84.9 Å². The third-order valence-electron chi connectivity index (χ3n) is 7.94. The first-order valence-electron chi connectivity index (χ1n) is 14.7. The Bertz CT molecular complexity index is 1950. The van der Waals surface area contributed by atoms with Crippen molar-refractivity contribution in [3.63, 3.8) is 0 Å². The lowest BCUT2D eigenvalue weighted by Crippen LogP contribution is -2.07. The number of halogens is 4. The highest BCUT2D eigenvalue weighted by molar-refractivity contribution is 6.14. The van der Waals surface area contributed by atoms with E-state index in [1.807, 2.05) is 12.1 Å². The molecule has 0 bridgehead atoms. The topological polar surface area (TPSA) is 55.4 Å². The molecule has 0 radical (unpaired) electrons. The first-order valence-corrected chi connectivity index (χ1v) is 14.7. The molecule has 0 heterocycles. The van der Waals surface area contributed by atoms with Crippen LogP contribution in [0.25, 0.3) is 54.9 Å². The Kier molecular flexibility index (Phi) is 9.38. The summed E-state index contributed by atoms with van der Waals surface area (Å²) in [5, 5.41) is 2.38. The third kappa shape index (κ3) is 5.85. The molecule has 6 aromatic carbocycles. The second kappa shape index (κ2) is 13.8. The van der Waals surface area contributed by atoms with Gasteiger partial charge in [0.25, 0.3) is 0 Å². The number of hydrogen-bond acceptors (Lipinski definition) is 6. The number of hydrogen-bond donors (Lipinski definition) is 0. The van der Waals surface area contributed by atoms with Crippen LogP contribution in [0.3, 0.4) is 0 Å². The summed E-state index contributed by atoms with van der Waals surface area (Å²) in [5.74, 6) is -3.52. The molecule has 48 heavy (non-hydrogen) atoms. The van der Waals surface area contributed by atoms with Gasteiger partial charge in [-0.05, 0) is 33.7 Å². The molecule has 0 fully saturated rings. The maximum absolute atomic E-state index is 15.8. The van der Waals surface area contributed by atoms with Crippen molar-refractivity contribution in [1.29, 1.82) is 0 Å². The molecule has 0 aliphatic carbocycles. The smallest absolute Gasteiger partial charge is 0.188 e. The van der Waals surface area contributed by atoms with Crippen LogP contribution in [0.4, 0.5) is 17.6 Å². The third-order valence-corrected chi connectivity index (χ3v) is 7.94. The number of methoxy groups -OCH3 is 4. The monoisotopic (exact) mass is 658 g/mol. The summed E-state index contributed by atoms with van der Waals surface area (Å²) >= 11 is 0. The quantitative estimate of drug-likeness (QED) is 0.102. The SMILES string of the molecule is COCOc1c(-c2c(F)cc(OC)cc2F)cc2ccccc2c1-c1c(OCOC)c(-c2c(F)cc(OC)cc2F)cc2ccccc12. The summed E-state index contributed by atoms with van der Waals surface area (Å²) in [5.41, 5.74) is 0.0585. The predicted octanol–water partition coefficient (Wildman–Crippen LogP) is 9.53. The molecule has 6 rings (SSSR count). The van der Waals surface area contributed by atoms with Gasteiger partial charge in [-0.15, -0.1) is 0 Å². The van der Waals surface area contributed by atoms with Crippen LogP contribution < -0.4 is 18.9 Å². The Morgan fingerprint density at radius 2 is 0.812 bits per heavy atom. The normalized spacial score (nSPS) is 11.2. The van der Waals surface area contributed by atoms with Crippen molar-refractivity contribution in [3.8, 4) is 56.4 Å². The molecular formula is C38H30F4O6. The highest BCUT2D eigenvalue weighted by Gasteiger charge is 2.29. The Morgan fingerprint density at radius 3 is 1.15 bits per heavy atom. The van der Waals surface area contributed by atoms with Crippen LogP contribution >= 0.6 is 0 Å². The van der Waals surface area contributed by atoms with E-state index in [4.69, 9.17) is 28.4 Å². The van der Waals surface area contributed by atoms with E-state index in [-0.39, 0.29) is 58.8 Å². The largest absolute Gasteiger partial charge is 0.497 e. The summed E-state index contributed by atoms with van der Waals surface area (Å²) < 4.78 is 96.4. The second-order valence-electron chi connectivity index (χ2n) is 10.7. The van der Waals surface area contributed by atoms with Crippen molar-refractivity contribution in [2.24, 2.45) is 0 Å². The molecular weight excluding hydrogens is 628 g/mol. The molecule has 6 aromatic rings. The van der Waals surface area contributed by atoms with Crippen molar-refractivity contribution in [2.75, 3.05) is 42.0 Å². The van der Waals surface area contributed by atoms with Gasteiger partial charge in [-0.2, -0.15) is 0 Å². The van der Waals surface area contributed by atoms with Gasteiger partial charge in [0.2, 0.25) is 0 Å². The highest BCUT2D eigenvalue weighted by Crippen LogP contribution is 2.53. The van der Waals surface area contributed by atoms with Crippen molar-refractivity contribution in [1.82, 2.24) is 0 Å². The van der Waals surface area contributed by atoms with Crippen LogP contribution in [0.1, 0.15) is 0 Å². The van der Waals surface area contributed by atoms with Crippen molar-refractivity contribution >= 4 is 21.5 Å². The first kappa shape index (κ1) is 32.6. The highest BCUT2D eigenvalue weighted by atomic mass is 19.1. The number of fused-ring (bicyclic) bond motifs is 2. The van der Waals surface area contributed by atoms with Gasteiger partial charge in [-0.1, -0.05) is 48.5 Å². The van der Waals surface area contributed by atoms with Gasteiger partial charge >= 0.3 is 0 Å². The molecule has 246 valence electrons. The zero-order valence-electron chi connectivity index (χ0n) is 26.5. The molecule has 0 N–H and O–H groups in total. The predicted molar refractivity (Wildman–Crippen MR) is 176 cm³/mol. The van der Waals surface area contributed by atoms with Gasteiger partial charge in [0.15, 0.2) is 13.6 Å². The molecule has 0 amide bonds. The summed E-state index contributed by atoms with van der Waals surface area (Å²) in [6, 6.07) is 21.9. The molecule has 0 spiro atoms.